The summed E-state index contributed by atoms with van der Waals surface area (Å²) in [5.74, 6) is -0.415. The highest BCUT2D eigenvalue weighted by Crippen LogP contribution is 2.21. The SMILES string of the molecule is COc1ccc([C@@H](C)NC(=O)c2cccc(S(=O)(=O)Nc3ccccc3F)c2)cc1. The van der Waals surface area contributed by atoms with Crippen LogP contribution in [0.2, 0.25) is 0 Å². The fourth-order valence-electron chi connectivity index (χ4n) is 2.81. The molecule has 156 valence electrons. The predicted octanol–water partition coefficient (Wildman–Crippen LogP) is 4.13. The van der Waals surface area contributed by atoms with E-state index in [1.54, 1.807) is 19.2 Å². The lowest BCUT2D eigenvalue weighted by Crippen LogP contribution is -2.27. The van der Waals surface area contributed by atoms with Gasteiger partial charge in [-0.15, -0.1) is 0 Å². The molecular weight excluding hydrogens is 407 g/mol. The molecule has 1 atom stereocenters. The Balaban J connectivity index is 1.76. The Kier molecular flexibility index (Phi) is 6.37. The number of hydrogen-bond donors (Lipinski definition) is 2. The van der Waals surface area contributed by atoms with Gasteiger partial charge in [-0.05, 0) is 55.0 Å². The number of benzene rings is 3. The van der Waals surface area contributed by atoms with Gasteiger partial charge in [0.2, 0.25) is 0 Å². The molecule has 8 heteroatoms. The Morgan fingerprint density at radius 1 is 1.00 bits per heavy atom. The maximum atomic E-state index is 13.8. The first-order chi connectivity index (χ1) is 14.3. The van der Waals surface area contributed by atoms with Crippen molar-refractivity contribution >= 4 is 21.6 Å². The normalized spacial score (nSPS) is 12.1. The quantitative estimate of drug-likeness (QED) is 0.593. The van der Waals surface area contributed by atoms with E-state index in [-0.39, 0.29) is 22.2 Å². The van der Waals surface area contributed by atoms with Crippen molar-refractivity contribution in [3.63, 3.8) is 0 Å². The second-order valence-corrected chi connectivity index (χ2v) is 8.26. The number of amides is 1. The zero-order valence-corrected chi connectivity index (χ0v) is 17.2. The lowest BCUT2D eigenvalue weighted by atomic mass is 10.1. The number of anilines is 1. The second-order valence-electron chi connectivity index (χ2n) is 6.58. The molecule has 0 radical (unpaired) electrons. The van der Waals surface area contributed by atoms with Gasteiger partial charge in [-0.2, -0.15) is 0 Å². The first kappa shape index (κ1) is 21.3. The van der Waals surface area contributed by atoms with E-state index in [0.717, 1.165) is 11.6 Å². The number of ether oxygens (including phenoxy) is 1. The molecule has 0 spiro atoms. The zero-order valence-electron chi connectivity index (χ0n) is 16.4. The molecule has 0 aromatic heterocycles. The van der Waals surface area contributed by atoms with E-state index in [1.165, 1.54) is 42.5 Å². The van der Waals surface area contributed by atoms with E-state index in [4.69, 9.17) is 4.74 Å². The molecule has 1 amide bonds. The van der Waals surface area contributed by atoms with Crippen molar-refractivity contribution in [2.45, 2.75) is 17.9 Å². The maximum Gasteiger partial charge on any atom is 0.262 e. The van der Waals surface area contributed by atoms with E-state index >= 15 is 0 Å². The van der Waals surface area contributed by atoms with Crippen LogP contribution in [0.4, 0.5) is 10.1 Å². The van der Waals surface area contributed by atoms with Crippen LogP contribution in [-0.4, -0.2) is 21.4 Å². The van der Waals surface area contributed by atoms with Crippen molar-refractivity contribution < 1.29 is 22.3 Å². The van der Waals surface area contributed by atoms with E-state index in [2.05, 4.69) is 10.0 Å². The lowest BCUT2D eigenvalue weighted by Gasteiger charge is -2.15. The van der Waals surface area contributed by atoms with Crippen LogP contribution in [0, 0.1) is 5.82 Å². The molecule has 3 aromatic rings. The van der Waals surface area contributed by atoms with Crippen LogP contribution in [0.5, 0.6) is 5.75 Å². The van der Waals surface area contributed by atoms with Crippen LogP contribution in [0.1, 0.15) is 28.9 Å². The topological polar surface area (TPSA) is 84.5 Å². The van der Waals surface area contributed by atoms with Crippen molar-refractivity contribution in [2.24, 2.45) is 0 Å². The minimum atomic E-state index is -4.06. The fraction of sp³-hybridized carbons (Fsp3) is 0.136. The van der Waals surface area contributed by atoms with Gasteiger partial charge in [0.05, 0.1) is 23.7 Å². The van der Waals surface area contributed by atoms with E-state index in [0.29, 0.717) is 5.75 Å². The van der Waals surface area contributed by atoms with E-state index in [9.17, 15) is 17.6 Å². The summed E-state index contributed by atoms with van der Waals surface area (Å²) in [6, 6.07) is 18.0. The molecule has 0 aliphatic carbocycles. The molecule has 0 aliphatic heterocycles. The summed E-state index contributed by atoms with van der Waals surface area (Å²) in [6.07, 6.45) is 0. The van der Waals surface area contributed by atoms with Crippen molar-refractivity contribution in [1.29, 1.82) is 0 Å². The fourth-order valence-corrected chi connectivity index (χ4v) is 3.92. The number of methoxy groups -OCH3 is 1. The number of sulfonamides is 1. The number of halogens is 1. The van der Waals surface area contributed by atoms with Crippen molar-refractivity contribution in [3.8, 4) is 5.75 Å². The molecule has 0 aliphatic rings. The minimum Gasteiger partial charge on any atom is -0.497 e. The Morgan fingerprint density at radius 2 is 1.70 bits per heavy atom. The highest BCUT2D eigenvalue weighted by atomic mass is 32.2. The Bertz CT molecular complexity index is 1150. The standard InChI is InChI=1S/C22H21FN2O4S/c1-15(16-10-12-18(29-2)13-11-16)24-22(26)17-6-5-7-19(14-17)30(27,28)25-21-9-4-3-8-20(21)23/h3-15,25H,1-2H3,(H,24,26)/t15-/m1/s1. The number of nitrogens with one attached hydrogen (secondary N) is 2. The molecule has 6 nitrogen and oxygen atoms in total. The van der Waals surface area contributed by atoms with Gasteiger partial charge in [0.1, 0.15) is 11.6 Å². The minimum absolute atomic E-state index is 0.143. The van der Waals surface area contributed by atoms with Gasteiger partial charge < -0.3 is 10.1 Å². The molecule has 2 N–H and O–H groups in total. The summed E-state index contributed by atoms with van der Waals surface area (Å²) in [5.41, 5.74) is 0.876. The van der Waals surface area contributed by atoms with Crippen LogP contribution >= 0.6 is 0 Å². The summed E-state index contributed by atoms with van der Waals surface area (Å²) in [5, 5.41) is 2.83. The summed E-state index contributed by atoms with van der Waals surface area (Å²) in [4.78, 5) is 12.5. The smallest absolute Gasteiger partial charge is 0.262 e. The maximum absolute atomic E-state index is 13.8. The van der Waals surface area contributed by atoms with E-state index < -0.39 is 21.7 Å². The molecule has 0 heterocycles. The van der Waals surface area contributed by atoms with Crippen LogP contribution in [0.25, 0.3) is 0 Å². The van der Waals surface area contributed by atoms with Crippen LogP contribution < -0.4 is 14.8 Å². The summed E-state index contributed by atoms with van der Waals surface area (Å²) < 4.78 is 46.3. The average Bonchev–Trinajstić information content (AvgIpc) is 2.75. The number of carbonyl (C=O) groups excluding carboxylic acids is 1. The van der Waals surface area contributed by atoms with Gasteiger partial charge in [0.25, 0.3) is 15.9 Å². The molecule has 30 heavy (non-hydrogen) atoms. The molecular formula is C22H21FN2O4S. The number of hydrogen-bond acceptors (Lipinski definition) is 4. The van der Waals surface area contributed by atoms with Gasteiger partial charge >= 0.3 is 0 Å². The lowest BCUT2D eigenvalue weighted by molar-refractivity contribution is 0.0939. The molecule has 3 rings (SSSR count). The number of para-hydroxylation sites is 1. The highest BCUT2D eigenvalue weighted by Gasteiger charge is 2.19. The van der Waals surface area contributed by atoms with Crippen molar-refractivity contribution in [2.75, 3.05) is 11.8 Å². The monoisotopic (exact) mass is 428 g/mol. The number of rotatable bonds is 7. The van der Waals surface area contributed by atoms with Gasteiger partial charge in [0, 0.05) is 5.56 Å². The van der Waals surface area contributed by atoms with Crippen molar-refractivity contribution in [1.82, 2.24) is 5.32 Å². The first-order valence-corrected chi connectivity index (χ1v) is 10.6. The summed E-state index contributed by atoms with van der Waals surface area (Å²) in [6.45, 7) is 1.82. The average molecular weight is 428 g/mol. The molecule has 0 saturated carbocycles. The van der Waals surface area contributed by atoms with Crippen LogP contribution in [0.3, 0.4) is 0 Å². The van der Waals surface area contributed by atoms with Crippen molar-refractivity contribution in [3.05, 3.63) is 89.7 Å². The van der Waals surface area contributed by atoms with Gasteiger partial charge in [-0.3, -0.25) is 9.52 Å². The van der Waals surface area contributed by atoms with Crippen LogP contribution in [0.15, 0.2) is 77.7 Å². The third-order valence-corrected chi connectivity index (χ3v) is 5.85. The first-order valence-electron chi connectivity index (χ1n) is 9.12. The summed E-state index contributed by atoms with van der Waals surface area (Å²) in [7, 11) is -2.49. The van der Waals surface area contributed by atoms with E-state index in [1.807, 2.05) is 19.1 Å². The molecule has 0 bridgehead atoms. The van der Waals surface area contributed by atoms with Crippen LogP contribution in [-0.2, 0) is 10.0 Å². The van der Waals surface area contributed by atoms with Gasteiger partial charge in [0.15, 0.2) is 0 Å². The highest BCUT2D eigenvalue weighted by molar-refractivity contribution is 7.92. The summed E-state index contributed by atoms with van der Waals surface area (Å²) >= 11 is 0. The molecule has 0 saturated heterocycles. The van der Waals surface area contributed by atoms with Gasteiger partial charge in [-0.25, -0.2) is 12.8 Å². The predicted molar refractivity (Wildman–Crippen MR) is 113 cm³/mol. The van der Waals surface area contributed by atoms with Gasteiger partial charge in [-0.1, -0.05) is 30.3 Å². The third-order valence-electron chi connectivity index (χ3n) is 4.49. The molecule has 3 aromatic carbocycles. The zero-order chi connectivity index (χ0) is 21.7. The molecule has 0 unspecified atom stereocenters. The largest absolute Gasteiger partial charge is 0.497 e. The number of carbonyl (C=O) groups is 1. The third kappa shape index (κ3) is 4.96. The Hall–Kier alpha value is -3.39. The molecule has 0 fully saturated rings. The Morgan fingerprint density at radius 3 is 2.37 bits per heavy atom. The Labute approximate surface area is 174 Å². The second kappa shape index (κ2) is 8.96.